The lowest BCUT2D eigenvalue weighted by molar-refractivity contribution is 0.414. The highest BCUT2D eigenvalue weighted by molar-refractivity contribution is 5.75. The number of nitrogens with one attached hydrogen (secondary N) is 1. The van der Waals surface area contributed by atoms with Crippen LogP contribution in [0.4, 0.5) is 17.2 Å². The molecule has 0 fully saturated rings. The maximum absolute atomic E-state index is 9.58. The molecule has 0 saturated heterocycles. The van der Waals surface area contributed by atoms with Crippen molar-refractivity contribution in [1.82, 2.24) is 14.6 Å². The highest BCUT2D eigenvalue weighted by Crippen LogP contribution is 2.28. The third kappa shape index (κ3) is 4.63. The molecule has 0 amide bonds. The zero-order valence-electron chi connectivity index (χ0n) is 19.5. The summed E-state index contributed by atoms with van der Waals surface area (Å²) in [5.74, 6) is 1.44. The van der Waals surface area contributed by atoms with Gasteiger partial charge in [0.05, 0.1) is 19.0 Å². The summed E-state index contributed by atoms with van der Waals surface area (Å²) in [6.45, 7) is 0.654. The number of anilines is 3. The first-order chi connectivity index (χ1) is 17.1. The lowest BCUT2D eigenvalue weighted by Gasteiger charge is -2.21. The number of hydrogen-bond donors (Lipinski definition) is 1. The number of ether oxygens (including phenoxy) is 1. The van der Waals surface area contributed by atoms with Crippen LogP contribution in [0.2, 0.25) is 0 Å². The summed E-state index contributed by atoms with van der Waals surface area (Å²) in [5, 5.41) is 17.6. The van der Waals surface area contributed by atoms with E-state index in [0.717, 1.165) is 33.8 Å². The van der Waals surface area contributed by atoms with E-state index in [1.807, 2.05) is 67.7 Å². The van der Waals surface area contributed by atoms with Crippen LogP contribution in [0.15, 0.2) is 91.1 Å². The number of hydrogen-bond acceptors (Lipinski definition) is 6. The third-order valence-electron chi connectivity index (χ3n) is 5.79. The van der Waals surface area contributed by atoms with E-state index in [4.69, 9.17) is 4.74 Å². The number of imidazole rings is 1. The largest absolute Gasteiger partial charge is 0.497 e. The van der Waals surface area contributed by atoms with Crippen LogP contribution in [0.1, 0.15) is 11.3 Å². The van der Waals surface area contributed by atoms with Crippen LogP contribution in [0.5, 0.6) is 5.75 Å². The van der Waals surface area contributed by atoms with E-state index in [9.17, 15) is 5.26 Å². The van der Waals surface area contributed by atoms with E-state index >= 15 is 0 Å². The summed E-state index contributed by atoms with van der Waals surface area (Å²) in [6.07, 6.45) is 1.55. The lowest BCUT2D eigenvalue weighted by atomic mass is 10.1. The second kappa shape index (κ2) is 9.57. The molecule has 0 bridgehead atoms. The molecule has 5 aromatic rings. The van der Waals surface area contributed by atoms with Crippen molar-refractivity contribution in [3.63, 3.8) is 0 Å². The molecule has 35 heavy (non-hydrogen) atoms. The smallest absolute Gasteiger partial charge is 0.178 e. The average Bonchev–Trinajstić information content (AvgIpc) is 3.32. The van der Waals surface area contributed by atoms with Gasteiger partial charge >= 0.3 is 0 Å². The molecule has 0 saturated carbocycles. The van der Waals surface area contributed by atoms with E-state index in [1.54, 1.807) is 17.8 Å². The second-order valence-electron chi connectivity index (χ2n) is 8.18. The van der Waals surface area contributed by atoms with Crippen molar-refractivity contribution in [1.29, 1.82) is 5.26 Å². The highest BCUT2D eigenvalue weighted by Gasteiger charge is 2.15. The molecule has 7 heteroatoms. The van der Waals surface area contributed by atoms with Gasteiger partial charge in [0.15, 0.2) is 17.2 Å². The van der Waals surface area contributed by atoms with Crippen LogP contribution in [0, 0.1) is 11.3 Å². The number of rotatable bonds is 7. The summed E-state index contributed by atoms with van der Waals surface area (Å²) in [6, 6.07) is 30.5. The van der Waals surface area contributed by atoms with Crippen LogP contribution < -0.4 is 15.0 Å². The topological polar surface area (TPSA) is 78.5 Å². The van der Waals surface area contributed by atoms with Crippen molar-refractivity contribution in [3.05, 3.63) is 102 Å². The van der Waals surface area contributed by atoms with Gasteiger partial charge in [0.25, 0.3) is 0 Å². The molecule has 0 aliphatic rings. The zero-order valence-corrected chi connectivity index (χ0v) is 19.5. The Labute approximate surface area is 203 Å². The zero-order chi connectivity index (χ0) is 24.2. The van der Waals surface area contributed by atoms with E-state index in [-0.39, 0.29) is 0 Å². The van der Waals surface area contributed by atoms with Crippen molar-refractivity contribution < 1.29 is 4.74 Å². The van der Waals surface area contributed by atoms with Crippen LogP contribution in [0.3, 0.4) is 0 Å². The van der Waals surface area contributed by atoms with E-state index in [0.29, 0.717) is 23.7 Å². The first-order valence-electron chi connectivity index (χ1n) is 11.2. The number of aromatic nitrogens is 3. The summed E-state index contributed by atoms with van der Waals surface area (Å²) in [7, 11) is 3.66. The molecule has 3 aromatic carbocycles. The number of fused-ring (bicyclic) bond motifs is 1. The van der Waals surface area contributed by atoms with Gasteiger partial charge in [-0.25, -0.2) is 4.98 Å². The molecule has 2 heterocycles. The minimum atomic E-state index is 0.376. The van der Waals surface area contributed by atoms with Gasteiger partial charge in [-0.2, -0.15) is 9.78 Å². The maximum atomic E-state index is 9.58. The Morgan fingerprint density at radius 1 is 0.971 bits per heavy atom. The normalized spacial score (nSPS) is 10.7. The molecule has 0 spiro atoms. The quantitative estimate of drug-likeness (QED) is 0.338. The minimum absolute atomic E-state index is 0.376. The SMILES string of the molecule is COc1ccc(CN(C)c2cc(Nc3cccc(-c4ccccc4)c3)nn3c(C#N)cnc23)cc1. The summed E-state index contributed by atoms with van der Waals surface area (Å²) >= 11 is 0. The molecule has 0 unspecified atom stereocenters. The molecule has 1 N–H and O–H groups in total. The van der Waals surface area contributed by atoms with Gasteiger partial charge in [0.2, 0.25) is 0 Å². The van der Waals surface area contributed by atoms with Crippen LogP contribution in [-0.4, -0.2) is 28.8 Å². The molecule has 0 radical (unpaired) electrons. The molecular formula is C28H24N6O. The Kier molecular flexibility index (Phi) is 6.01. The van der Waals surface area contributed by atoms with Crippen molar-refractivity contribution in [3.8, 4) is 22.9 Å². The van der Waals surface area contributed by atoms with E-state index in [1.165, 1.54) is 0 Å². The molecule has 2 aromatic heterocycles. The van der Waals surface area contributed by atoms with Gasteiger partial charge in [0, 0.05) is 25.3 Å². The summed E-state index contributed by atoms with van der Waals surface area (Å²) < 4.78 is 6.85. The van der Waals surface area contributed by atoms with Gasteiger partial charge in [-0.15, -0.1) is 5.10 Å². The molecule has 0 aliphatic heterocycles. The first kappa shape index (κ1) is 22.0. The number of benzene rings is 3. The van der Waals surface area contributed by atoms with Crippen LogP contribution in [0.25, 0.3) is 16.8 Å². The highest BCUT2D eigenvalue weighted by atomic mass is 16.5. The van der Waals surface area contributed by atoms with Crippen LogP contribution in [-0.2, 0) is 6.54 Å². The molecular weight excluding hydrogens is 436 g/mol. The van der Waals surface area contributed by atoms with Crippen LogP contribution >= 0.6 is 0 Å². The molecule has 5 rings (SSSR count). The predicted molar refractivity (Wildman–Crippen MR) is 138 cm³/mol. The fraction of sp³-hybridized carbons (Fsp3) is 0.107. The molecule has 0 aliphatic carbocycles. The second-order valence-corrected chi connectivity index (χ2v) is 8.18. The van der Waals surface area contributed by atoms with Crippen molar-refractivity contribution >= 4 is 22.8 Å². The fourth-order valence-electron chi connectivity index (χ4n) is 4.02. The Balaban J connectivity index is 1.49. The molecule has 0 atom stereocenters. The van der Waals surface area contributed by atoms with E-state index in [2.05, 4.69) is 50.6 Å². The summed E-state index contributed by atoms with van der Waals surface area (Å²) in [5.41, 5.74) is 6.14. The van der Waals surface area contributed by atoms with Crippen molar-refractivity contribution in [2.45, 2.75) is 6.54 Å². The van der Waals surface area contributed by atoms with Crippen molar-refractivity contribution in [2.24, 2.45) is 0 Å². The average molecular weight is 461 g/mol. The Morgan fingerprint density at radius 2 is 1.74 bits per heavy atom. The predicted octanol–water partition coefficient (Wildman–Crippen LogP) is 5.66. The van der Waals surface area contributed by atoms with Gasteiger partial charge < -0.3 is 15.0 Å². The number of nitriles is 1. The summed E-state index contributed by atoms with van der Waals surface area (Å²) in [4.78, 5) is 6.57. The lowest BCUT2D eigenvalue weighted by Crippen LogP contribution is -2.18. The van der Waals surface area contributed by atoms with E-state index < -0.39 is 0 Å². The Bertz CT molecular complexity index is 1500. The molecule has 7 nitrogen and oxygen atoms in total. The van der Waals surface area contributed by atoms with Crippen molar-refractivity contribution in [2.75, 3.05) is 24.4 Å². The number of nitrogens with zero attached hydrogens (tertiary/aromatic N) is 5. The first-order valence-corrected chi connectivity index (χ1v) is 11.2. The number of methoxy groups -OCH3 is 1. The fourth-order valence-corrected chi connectivity index (χ4v) is 4.02. The van der Waals surface area contributed by atoms with Gasteiger partial charge in [-0.3, -0.25) is 0 Å². The maximum Gasteiger partial charge on any atom is 0.178 e. The third-order valence-corrected chi connectivity index (χ3v) is 5.79. The standard InChI is InChI=1S/C28H24N6O/c1-33(19-20-11-13-25(35-2)14-12-20)26-16-27(32-34-24(17-29)18-30-28(26)34)31-23-10-6-9-22(15-23)21-7-4-3-5-8-21/h3-16,18H,19H2,1-2H3,(H,31,32). The Hall–Kier alpha value is -4.83. The monoisotopic (exact) mass is 460 g/mol. The Morgan fingerprint density at radius 3 is 2.49 bits per heavy atom. The van der Waals surface area contributed by atoms with Gasteiger partial charge in [0.1, 0.15) is 11.8 Å². The van der Waals surface area contributed by atoms with Gasteiger partial charge in [-0.05, 0) is 41.0 Å². The molecule has 172 valence electrons. The minimum Gasteiger partial charge on any atom is -0.497 e. The van der Waals surface area contributed by atoms with Gasteiger partial charge in [-0.1, -0.05) is 54.6 Å².